The third kappa shape index (κ3) is 3.47. The number of rotatable bonds is 4. The van der Waals surface area contributed by atoms with E-state index >= 15 is 0 Å². The van der Waals surface area contributed by atoms with Crippen LogP contribution < -0.4 is 10.9 Å². The molecule has 0 bridgehead atoms. The van der Waals surface area contributed by atoms with Gasteiger partial charge < -0.3 is 5.32 Å². The third-order valence-electron chi connectivity index (χ3n) is 3.89. The Labute approximate surface area is 128 Å². The predicted molar refractivity (Wildman–Crippen MR) is 88.9 cm³/mol. The van der Waals surface area contributed by atoms with Crippen LogP contribution in [0.25, 0.3) is 10.8 Å². The number of hydrogen-bond acceptors (Lipinski definition) is 4. The summed E-state index contributed by atoms with van der Waals surface area (Å²) in [5, 5.41) is 9.57. The van der Waals surface area contributed by atoms with Crippen LogP contribution in [0.2, 0.25) is 0 Å². The van der Waals surface area contributed by atoms with Gasteiger partial charge >= 0.3 is 0 Å². The Kier molecular flexibility index (Phi) is 4.60. The largest absolute Gasteiger partial charge is 0.309 e. The maximum absolute atomic E-state index is 12.4. The van der Waals surface area contributed by atoms with Crippen molar-refractivity contribution >= 4 is 22.5 Å². The van der Waals surface area contributed by atoms with Crippen molar-refractivity contribution in [1.29, 1.82) is 0 Å². The van der Waals surface area contributed by atoms with Gasteiger partial charge in [-0.15, -0.1) is 0 Å². The monoisotopic (exact) mass is 303 g/mol. The second kappa shape index (κ2) is 6.62. The van der Waals surface area contributed by atoms with E-state index in [4.69, 9.17) is 0 Å². The standard InChI is InChI=1S/C16H21N3OS/c1-12(18-14-6-4-8-21-11-14)10-19-16(20)15-7-3-2-5-13(15)9-17-19/h2-3,5,7,9,12,14,18H,4,6,8,10-11H2,1H3/t12-,14+/m0/s1. The molecular formula is C16H21N3OS. The van der Waals surface area contributed by atoms with Gasteiger partial charge in [0.05, 0.1) is 18.1 Å². The first kappa shape index (κ1) is 14.6. The van der Waals surface area contributed by atoms with Gasteiger partial charge in [0, 0.05) is 23.2 Å². The Morgan fingerprint density at radius 2 is 2.33 bits per heavy atom. The Morgan fingerprint density at radius 1 is 1.48 bits per heavy atom. The highest BCUT2D eigenvalue weighted by Crippen LogP contribution is 2.17. The van der Waals surface area contributed by atoms with Gasteiger partial charge in [0.1, 0.15) is 0 Å². The molecule has 0 amide bonds. The fourth-order valence-corrected chi connectivity index (χ4v) is 3.93. The third-order valence-corrected chi connectivity index (χ3v) is 5.10. The van der Waals surface area contributed by atoms with E-state index < -0.39 is 0 Å². The second-order valence-corrected chi connectivity index (χ2v) is 6.85. The number of thioether (sulfide) groups is 1. The molecule has 0 aliphatic carbocycles. The molecule has 2 aromatic rings. The summed E-state index contributed by atoms with van der Waals surface area (Å²) >= 11 is 2.01. The van der Waals surface area contributed by atoms with Crippen molar-refractivity contribution in [2.45, 2.75) is 38.4 Å². The molecule has 1 saturated heterocycles. The lowest BCUT2D eigenvalue weighted by atomic mass is 10.1. The maximum Gasteiger partial charge on any atom is 0.274 e. The van der Waals surface area contributed by atoms with Crippen LogP contribution in [0, 0.1) is 0 Å². The van der Waals surface area contributed by atoms with Crippen LogP contribution in [0.4, 0.5) is 0 Å². The van der Waals surface area contributed by atoms with E-state index in [0.29, 0.717) is 12.6 Å². The van der Waals surface area contributed by atoms with Crippen molar-refractivity contribution in [2.24, 2.45) is 0 Å². The number of fused-ring (bicyclic) bond motifs is 1. The number of benzene rings is 1. The van der Waals surface area contributed by atoms with Crippen LogP contribution in [0.5, 0.6) is 0 Å². The molecule has 0 radical (unpaired) electrons. The molecule has 1 aromatic carbocycles. The van der Waals surface area contributed by atoms with Crippen LogP contribution in [-0.2, 0) is 6.54 Å². The highest BCUT2D eigenvalue weighted by Gasteiger charge is 2.16. The quantitative estimate of drug-likeness (QED) is 0.941. The van der Waals surface area contributed by atoms with Crippen molar-refractivity contribution in [3.63, 3.8) is 0 Å². The summed E-state index contributed by atoms with van der Waals surface area (Å²) in [5.41, 5.74) is -0.000214. The molecule has 2 atom stereocenters. The van der Waals surface area contributed by atoms with Gasteiger partial charge in [-0.2, -0.15) is 16.9 Å². The van der Waals surface area contributed by atoms with Gasteiger partial charge in [-0.3, -0.25) is 4.79 Å². The first-order valence-electron chi connectivity index (χ1n) is 7.52. The molecule has 0 unspecified atom stereocenters. The van der Waals surface area contributed by atoms with E-state index in [1.807, 2.05) is 36.0 Å². The lowest BCUT2D eigenvalue weighted by Crippen LogP contribution is -2.43. The van der Waals surface area contributed by atoms with Crippen LogP contribution in [0.15, 0.2) is 35.3 Å². The summed E-state index contributed by atoms with van der Waals surface area (Å²) < 4.78 is 1.58. The fourth-order valence-electron chi connectivity index (χ4n) is 2.84. The number of nitrogens with one attached hydrogen (secondary N) is 1. The van der Waals surface area contributed by atoms with Gasteiger partial charge in [0.2, 0.25) is 0 Å². The molecule has 1 aliphatic rings. The van der Waals surface area contributed by atoms with Gasteiger partial charge in [-0.05, 0) is 31.6 Å². The summed E-state index contributed by atoms with van der Waals surface area (Å²) in [6.45, 7) is 2.74. The van der Waals surface area contributed by atoms with E-state index in [1.54, 1.807) is 10.9 Å². The van der Waals surface area contributed by atoms with Crippen LogP contribution >= 0.6 is 11.8 Å². The zero-order valence-electron chi connectivity index (χ0n) is 12.3. The Balaban J connectivity index is 1.72. The predicted octanol–water partition coefficient (Wildman–Crippen LogP) is 2.27. The maximum atomic E-state index is 12.4. The highest BCUT2D eigenvalue weighted by atomic mass is 32.2. The minimum Gasteiger partial charge on any atom is -0.309 e. The van der Waals surface area contributed by atoms with E-state index in [1.165, 1.54) is 24.3 Å². The molecule has 21 heavy (non-hydrogen) atoms. The molecule has 1 N–H and O–H groups in total. The number of nitrogens with zero attached hydrogens (tertiary/aromatic N) is 2. The summed E-state index contributed by atoms with van der Waals surface area (Å²) in [4.78, 5) is 12.4. The SMILES string of the molecule is C[C@@H](Cn1ncc2ccccc2c1=O)N[C@@H]1CCCSC1. The Bertz CT molecular complexity index is 664. The molecule has 2 heterocycles. The van der Waals surface area contributed by atoms with Gasteiger partial charge in [-0.25, -0.2) is 4.68 Å². The van der Waals surface area contributed by atoms with E-state index in [9.17, 15) is 4.79 Å². The Morgan fingerprint density at radius 3 is 3.14 bits per heavy atom. The lowest BCUT2D eigenvalue weighted by molar-refractivity contribution is 0.387. The minimum absolute atomic E-state index is 0.000214. The highest BCUT2D eigenvalue weighted by molar-refractivity contribution is 7.99. The van der Waals surface area contributed by atoms with Crippen LogP contribution in [0.3, 0.4) is 0 Å². The second-order valence-electron chi connectivity index (χ2n) is 5.70. The molecule has 3 rings (SSSR count). The molecule has 4 nitrogen and oxygen atoms in total. The molecule has 5 heteroatoms. The molecule has 1 aromatic heterocycles. The Hall–Kier alpha value is -1.33. The van der Waals surface area contributed by atoms with Crippen molar-refractivity contribution in [3.05, 3.63) is 40.8 Å². The average molecular weight is 303 g/mol. The normalized spacial score (nSPS) is 20.5. The van der Waals surface area contributed by atoms with E-state index in [-0.39, 0.29) is 11.6 Å². The van der Waals surface area contributed by atoms with Crippen LogP contribution in [0.1, 0.15) is 19.8 Å². The zero-order chi connectivity index (χ0) is 14.7. The topological polar surface area (TPSA) is 46.9 Å². The minimum atomic E-state index is -0.000214. The molecule has 0 spiro atoms. The lowest BCUT2D eigenvalue weighted by Gasteiger charge is -2.26. The molecule has 1 fully saturated rings. The van der Waals surface area contributed by atoms with Gasteiger partial charge in [0.25, 0.3) is 5.56 Å². The summed E-state index contributed by atoms with van der Waals surface area (Å²) in [6.07, 6.45) is 4.29. The number of hydrogen-bond donors (Lipinski definition) is 1. The van der Waals surface area contributed by atoms with Crippen molar-refractivity contribution < 1.29 is 0 Å². The summed E-state index contributed by atoms with van der Waals surface area (Å²) in [6, 6.07) is 8.43. The van der Waals surface area contributed by atoms with Crippen molar-refractivity contribution in [1.82, 2.24) is 15.1 Å². The molecule has 1 aliphatic heterocycles. The van der Waals surface area contributed by atoms with E-state index in [2.05, 4.69) is 17.3 Å². The fraction of sp³-hybridized carbons (Fsp3) is 0.500. The first-order chi connectivity index (χ1) is 10.2. The molecule has 112 valence electrons. The van der Waals surface area contributed by atoms with Gasteiger partial charge in [-0.1, -0.05) is 18.2 Å². The first-order valence-corrected chi connectivity index (χ1v) is 8.68. The number of aromatic nitrogens is 2. The zero-order valence-corrected chi connectivity index (χ0v) is 13.1. The summed E-state index contributed by atoms with van der Waals surface area (Å²) in [5.74, 6) is 2.45. The van der Waals surface area contributed by atoms with Gasteiger partial charge in [0.15, 0.2) is 0 Å². The smallest absolute Gasteiger partial charge is 0.274 e. The van der Waals surface area contributed by atoms with E-state index in [0.717, 1.165) is 10.8 Å². The van der Waals surface area contributed by atoms with Crippen molar-refractivity contribution in [2.75, 3.05) is 11.5 Å². The molecular weight excluding hydrogens is 282 g/mol. The summed E-state index contributed by atoms with van der Waals surface area (Å²) in [7, 11) is 0. The van der Waals surface area contributed by atoms with Crippen LogP contribution in [-0.4, -0.2) is 33.4 Å². The molecule has 0 saturated carbocycles. The van der Waals surface area contributed by atoms with Crippen molar-refractivity contribution in [3.8, 4) is 0 Å². The average Bonchev–Trinajstić information content (AvgIpc) is 2.51.